The van der Waals surface area contributed by atoms with Gasteiger partial charge in [-0.05, 0) is 13.0 Å². The minimum absolute atomic E-state index is 0.828. The first-order valence-electron chi connectivity index (χ1n) is 3.67. The van der Waals surface area contributed by atoms with Gasteiger partial charge >= 0.3 is 0 Å². The first-order chi connectivity index (χ1) is 5.40. The van der Waals surface area contributed by atoms with Crippen molar-refractivity contribution in [2.24, 2.45) is 0 Å². The summed E-state index contributed by atoms with van der Waals surface area (Å²) < 4.78 is 0. The molecule has 0 saturated carbocycles. The number of hydrogen-bond acceptors (Lipinski definition) is 2. The van der Waals surface area contributed by atoms with E-state index >= 15 is 0 Å². The monoisotopic (exact) mass is 150 g/mol. The summed E-state index contributed by atoms with van der Waals surface area (Å²) >= 11 is 0. The molecule has 0 aliphatic carbocycles. The van der Waals surface area contributed by atoms with E-state index in [0.29, 0.717) is 0 Å². The largest absolute Gasteiger partial charge is 0.356 e. The van der Waals surface area contributed by atoms with Crippen molar-refractivity contribution in [3.8, 4) is 0 Å². The highest BCUT2D eigenvalue weighted by molar-refractivity contribution is 5.73. The van der Waals surface area contributed by atoms with E-state index in [9.17, 15) is 0 Å². The van der Waals surface area contributed by atoms with E-state index < -0.39 is 0 Å². The molecule has 11 heavy (non-hydrogen) atoms. The van der Waals surface area contributed by atoms with E-state index in [1.165, 1.54) is 0 Å². The van der Waals surface area contributed by atoms with Crippen LogP contribution in [-0.4, -0.2) is 21.5 Å². The molecule has 0 aliphatic heterocycles. The van der Waals surface area contributed by atoms with E-state index in [1.54, 1.807) is 0 Å². The van der Waals surface area contributed by atoms with E-state index in [4.69, 9.17) is 0 Å². The maximum Gasteiger partial charge on any atom is 0.202 e. The Hall–Kier alpha value is -1.45. The molecule has 2 aromatic rings. The number of aromatic nitrogens is 3. The molecule has 0 saturated heterocycles. The third-order valence-corrected chi connectivity index (χ3v) is 1.55. The van der Waals surface area contributed by atoms with Crippen molar-refractivity contribution in [3.05, 3.63) is 12.3 Å². The molecule has 0 spiro atoms. The van der Waals surface area contributed by atoms with Crippen LogP contribution < -0.4 is 5.32 Å². The van der Waals surface area contributed by atoms with Crippen molar-refractivity contribution in [2.45, 2.75) is 6.92 Å². The second-order valence-corrected chi connectivity index (χ2v) is 2.36. The van der Waals surface area contributed by atoms with Crippen molar-refractivity contribution < 1.29 is 0 Å². The predicted octanol–water partition coefficient (Wildman–Crippen LogP) is 1.32. The van der Waals surface area contributed by atoms with Gasteiger partial charge in [0.1, 0.15) is 0 Å². The average Bonchev–Trinajstić information content (AvgIpc) is 2.46. The Morgan fingerprint density at radius 2 is 2.55 bits per heavy atom. The van der Waals surface area contributed by atoms with E-state index in [1.807, 2.05) is 19.2 Å². The summed E-state index contributed by atoms with van der Waals surface area (Å²) in [5, 5.41) is 3.10. The van der Waals surface area contributed by atoms with Gasteiger partial charge < -0.3 is 15.3 Å². The van der Waals surface area contributed by atoms with E-state index in [-0.39, 0.29) is 0 Å². The Kier molecular flexibility index (Phi) is 1.31. The van der Waals surface area contributed by atoms with Gasteiger partial charge in [0, 0.05) is 12.7 Å². The highest BCUT2D eigenvalue weighted by atomic mass is 15.1. The number of nitrogens with zero attached hydrogens (tertiary/aromatic N) is 1. The summed E-state index contributed by atoms with van der Waals surface area (Å²) in [6.45, 7) is 2.92. The van der Waals surface area contributed by atoms with Gasteiger partial charge in [0.2, 0.25) is 5.95 Å². The molecule has 0 atom stereocenters. The van der Waals surface area contributed by atoms with Gasteiger partial charge in [-0.3, -0.25) is 0 Å². The molecule has 58 valence electrons. The Bertz CT molecular complexity index is 317. The molecule has 0 aliphatic rings. The molecule has 0 fully saturated rings. The molecule has 2 heterocycles. The first-order valence-corrected chi connectivity index (χ1v) is 3.67. The lowest BCUT2D eigenvalue weighted by Gasteiger charge is -1.93. The number of nitrogens with one attached hydrogen (secondary N) is 3. The molecule has 4 nitrogen and oxygen atoms in total. The van der Waals surface area contributed by atoms with Gasteiger partial charge in [0.25, 0.3) is 0 Å². The van der Waals surface area contributed by atoms with Crippen LogP contribution in [0.3, 0.4) is 0 Å². The minimum atomic E-state index is 0.828. The molecule has 2 rings (SSSR count). The van der Waals surface area contributed by atoms with Crippen LogP contribution >= 0.6 is 0 Å². The summed E-state index contributed by atoms with van der Waals surface area (Å²) in [4.78, 5) is 10.4. The molecule has 0 radical (unpaired) electrons. The number of aromatic amines is 2. The van der Waals surface area contributed by atoms with Gasteiger partial charge in [0.05, 0.1) is 5.52 Å². The lowest BCUT2D eigenvalue weighted by Crippen LogP contribution is -1.97. The maximum atomic E-state index is 4.24. The Balaban J connectivity index is 2.42. The highest BCUT2D eigenvalue weighted by Gasteiger charge is 1.99. The van der Waals surface area contributed by atoms with Gasteiger partial charge in [0.15, 0.2) is 5.65 Å². The molecule has 0 bridgehead atoms. The molecule has 3 N–H and O–H groups in total. The van der Waals surface area contributed by atoms with Crippen LogP contribution in [0.15, 0.2) is 12.3 Å². The summed E-state index contributed by atoms with van der Waals surface area (Å²) in [5.74, 6) is 0.828. The molecule has 0 aromatic carbocycles. The number of rotatable bonds is 2. The summed E-state index contributed by atoms with van der Waals surface area (Å²) in [7, 11) is 0. The Labute approximate surface area is 64.0 Å². The fraction of sp³-hybridized carbons (Fsp3) is 0.286. The topological polar surface area (TPSA) is 56.5 Å². The zero-order chi connectivity index (χ0) is 7.68. The predicted molar refractivity (Wildman–Crippen MR) is 44.6 cm³/mol. The van der Waals surface area contributed by atoms with E-state index in [2.05, 4.69) is 20.3 Å². The fourth-order valence-electron chi connectivity index (χ4n) is 1.07. The van der Waals surface area contributed by atoms with Crippen molar-refractivity contribution in [1.29, 1.82) is 0 Å². The van der Waals surface area contributed by atoms with Gasteiger partial charge in [-0.1, -0.05) is 0 Å². The molecule has 2 aromatic heterocycles. The van der Waals surface area contributed by atoms with Crippen LogP contribution in [0.25, 0.3) is 11.2 Å². The summed E-state index contributed by atoms with van der Waals surface area (Å²) in [5.41, 5.74) is 1.95. The molecule has 4 heteroatoms. The quantitative estimate of drug-likeness (QED) is 0.604. The number of H-pyrrole nitrogens is 2. The van der Waals surface area contributed by atoms with Gasteiger partial charge in [-0.15, -0.1) is 0 Å². The molecule has 0 unspecified atom stereocenters. The zero-order valence-electron chi connectivity index (χ0n) is 6.31. The van der Waals surface area contributed by atoms with Crippen LogP contribution in [0.2, 0.25) is 0 Å². The number of anilines is 1. The van der Waals surface area contributed by atoms with Crippen molar-refractivity contribution in [1.82, 2.24) is 15.0 Å². The highest BCUT2D eigenvalue weighted by Crippen LogP contribution is 2.10. The maximum absolute atomic E-state index is 4.24. The van der Waals surface area contributed by atoms with Crippen molar-refractivity contribution in [2.75, 3.05) is 11.9 Å². The van der Waals surface area contributed by atoms with Crippen LogP contribution in [0.5, 0.6) is 0 Å². The SMILES string of the molecule is CCNc1nc2[nH]ccc2[nH]1. The van der Waals surface area contributed by atoms with Gasteiger partial charge in [-0.25, -0.2) is 0 Å². The number of fused-ring (bicyclic) bond motifs is 1. The van der Waals surface area contributed by atoms with Crippen LogP contribution in [-0.2, 0) is 0 Å². The lowest BCUT2D eigenvalue weighted by molar-refractivity contribution is 1.14. The van der Waals surface area contributed by atoms with Crippen LogP contribution in [0, 0.1) is 0 Å². The molecular weight excluding hydrogens is 140 g/mol. The second-order valence-electron chi connectivity index (χ2n) is 2.36. The standard InChI is InChI=1S/C7H10N4/c1-2-8-7-10-5-3-4-9-6(5)11-7/h3-4,9H,2H2,1H3,(H2,8,10,11). The fourth-order valence-corrected chi connectivity index (χ4v) is 1.07. The van der Waals surface area contributed by atoms with Crippen LogP contribution in [0.4, 0.5) is 5.95 Å². The van der Waals surface area contributed by atoms with Crippen molar-refractivity contribution in [3.63, 3.8) is 0 Å². The normalized spacial score (nSPS) is 10.6. The zero-order valence-corrected chi connectivity index (χ0v) is 6.31. The van der Waals surface area contributed by atoms with E-state index in [0.717, 1.165) is 23.7 Å². The first kappa shape index (κ1) is 6.27. The summed E-state index contributed by atoms with van der Waals surface area (Å²) in [6, 6.07) is 1.96. The summed E-state index contributed by atoms with van der Waals surface area (Å²) in [6.07, 6.45) is 1.86. The Morgan fingerprint density at radius 3 is 3.27 bits per heavy atom. The number of hydrogen-bond donors (Lipinski definition) is 3. The Morgan fingerprint density at radius 1 is 1.64 bits per heavy atom. The number of imidazole rings is 1. The van der Waals surface area contributed by atoms with Gasteiger partial charge in [-0.2, -0.15) is 4.98 Å². The average molecular weight is 150 g/mol. The third-order valence-electron chi connectivity index (χ3n) is 1.55. The molecular formula is C7H10N4. The second kappa shape index (κ2) is 2.30. The molecule has 0 amide bonds. The minimum Gasteiger partial charge on any atom is -0.356 e. The third kappa shape index (κ3) is 0.960. The van der Waals surface area contributed by atoms with Crippen molar-refractivity contribution >= 4 is 17.1 Å². The smallest absolute Gasteiger partial charge is 0.202 e. The lowest BCUT2D eigenvalue weighted by atomic mass is 10.6. The van der Waals surface area contributed by atoms with Crippen LogP contribution in [0.1, 0.15) is 6.92 Å².